The number of carbonyl (C=O) groups excluding carboxylic acids is 2. The molecule has 1 N–H and O–H groups in total. The minimum absolute atomic E-state index is 0.108. The number of furan rings is 1. The van der Waals surface area contributed by atoms with Crippen molar-refractivity contribution in [1.29, 1.82) is 0 Å². The normalized spacial score (nSPS) is 21.0. The van der Waals surface area contributed by atoms with Crippen LogP contribution in [0, 0.1) is 6.92 Å². The van der Waals surface area contributed by atoms with Gasteiger partial charge >= 0.3 is 6.03 Å². The van der Waals surface area contributed by atoms with Crippen molar-refractivity contribution in [3.8, 4) is 0 Å². The first kappa shape index (κ1) is 15.9. The lowest BCUT2D eigenvalue weighted by atomic mass is 9.99. The number of amides is 3. The molecule has 23 heavy (non-hydrogen) atoms. The minimum atomic E-state index is -1.21. The Balaban J connectivity index is 1.88. The van der Waals surface area contributed by atoms with E-state index in [1.165, 1.54) is 0 Å². The lowest BCUT2D eigenvalue weighted by Crippen LogP contribution is -2.40. The first-order valence-electron chi connectivity index (χ1n) is 6.96. The fraction of sp³-hybridized carbons (Fsp3) is 0.250. The number of rotatable bonds is 3. The number of halogens is 2. The molecule has 3 rings (SSSR count). The van der Waals surface area contributed by atoms with Gasteiger partial charge in [0.15, 0.2) is 5.54 Å². The fourth-order valence-electron chi connectivity index (χ4n) is 2.53. The molecule has 0 bridgehead atoms. The molecule has 3 amide bonds. The maximum Gasteiger partial charge on any atom is 0.325 e. The summed E-state index contributed by atoms with van der Waals surface area (Å²) in [5.41, 5.74) is -0.496. The van der Waals surface area contributed by atoms with E-state index >= 15 is 0 Å². The van der Waals surface area contributed by atoms with Crippen LogP contribution in [-0.4, -0.2) is 16.8 Å². The molecule has 0 radical (unpaired) electrons. The highest BCUT2D eigenvalue weighted by Crippen LogP contribution is 2.31. The van der Waals surface area contributed by atoms with Crippen LogP contribution >= 0.6 is 23.2 Å². The molecule has 2 heterocycles. The quantitative estimate of drug-likeness (QED) is 0.853. The van der Waals surface area contributed by atoms with Crippen LogP contribution in [0.25, 0.3) is 0 Å². The molecule has 1 aliphatic heterocycles. The molecule has 1 unspecified atom stereocenters. The average Bonchev–Trinajstić information content (AvgIpc) is 3.02. The number of hydrogen-bond donors (Lipinski definition) is 1. The van der Waals surface area contributed by atoms with Crippen LogP contribution in [0.3, 0.4) is 0 Å². The predicted octanol–water partition coefficient (Wildman–Crippen LogP) is 3.86. The van der Waals surface area contributed by atoms with Crippen molar-refractivity contribution in [2.75, 3.05) is 0 Å². The molecular formula is C16H14Cl2N2O3. The second kappa shape index (κ2) is 5.58. The molecule has 1 aliphatic rings. The molecule has 0 spiro atoms. The lowest BCUT2D eigenvalue weighted by Gasteiger charge is -2.19. The summed E-state index contributed by atoms with van der Waals surface area (Å²) in [7, 11) is 0. The largest absolute Gasteiger partial charge is 0.463 e. The molecular weight excluding hydrogens is 339 g/mol. The number of aryl methyl sites for hydroxylation is 1. The first-order chi connectivity index (χ1) is 10.8. The Bertz CT molecular complexity index is 802. The lowest BCUT2D eigenvalue weighted by molar-refractivity contribution is -0.132. The van der Waals surface area contributed by atoms with Crippen molar-refractivity contribution in [2.45, 2.75) is 25.9 Å². The van der Waals surface area contributed by atoms with Gasteiger partial charge in [-0.15, -0.1) is 0 Å². The van der Waals surface area contributed by atoms with Gasteiger partial charge in [0.05, 0.1) is 16.6 Å². The van der Waals surface area contributed by atoms with Gasteiger partial charge in [0.25, 0.3) is 5.91 Å². The van der Waals surface area contributed by atoms with Crippen molar-refractivity contribution in [1.82, 2.24) is 10.2 Å². The summed E-state index contributed by atoms with van der Waals surface area (Å²) < 4.78 is 5.52. The van der Waals surface area contributed by atoms with Gasteiger partial charge in [0, 0.05) is 0 Å². The smallest absolute Gasteiger partial charge is 0.325 e. The van der Waals surface area contributed by atoms with E-state index in [-0.39, 0.29) is 12.5 Å². The van der Waals surface area contributed by atoms with Crippen LogP contribution in [0.4, 0.5) is 4.79 Å². The van der Waals surface area contributed by atoms with Crippen LogP contribution in [0.15, 0.2) is 34.7 Å². The Morgan fingerprint density at radius 1 is 1.17 bits per heavy atom. The molecule has 7 heteroatoms. The van der Waals surface area contributed by atoms with E-state index in [1.807, 2.05) is 0 Å². The van der Waals surface area contributed by atoms with E-state index in [2.05, 4.69) is 5.32 Å². The van der Waals surface area contributed by atoms with Gasteiger partial charge in [-0.05, 0) is 43.7 Å². The summed E-state index contributed by atoms with van der Waals surface area (Å²) in [4.78, 5) is 26.1. The fourth-order valence-corrected chi connectivity index (χ4v) is 2.85. The molecule has 0 aliphatic carbocycles. The Hall–Kier alpha value is -1.98. The van der Waals surface area contributed by atoms with Crippen molar-refractivity contribution < 1.29 is 14.0 Å². The summed E-state index contributed by atoms with van der Waals surface area (Å²) in [5, 5.41) is 3.49. The van der Waals surface area contributed by atoms with Crippen LogP contribution in [0.5, 0.6) is 0 Å². The van der Waals surface area contributed by atoms with E-state index in [0.29, 0.717) is 27.1 Å². The third-order valence-electron chi connectivity index (χ3n) is 3.83. The first-order valence-corrected chi connectivity index (χ1v) is 7.72. The topological polar surface area (TPSA) is 62.6 Å². The second-order valence-electron chi connectivity index (χ2n) is 5.61. The molecule has 0 saturated carbocycles. The molecule has 1 aromatic heterocycles. The van der Waals surface area contributed by atoms with Crippen LogP contribution in [0.1, 0.15) is 24.0 Å². The summed E-state index contributed by atoms with van der Waals surface area (Å²) in [5.74, 6) is 0.708. The molecule has 1 fully saturated rings. The summed E-state index contributed by atoms with van der Waals surface area (Å²) in [6, 6.07) is 7.96. The minimum Gasteiger partial charge on any atom is -0.463 e. The van der Waals surface area contributed by atoms with Crippen molar-refractivity contribution in [3.63, 3.8) is 0 Å². The average molecular weight is 353 g/mol. The number of carbonyl (C=O) groups is 2. The molecule has 2 aromatic rings. The van der Waals surface area contributed by atoms with Crippen LogP contribution < -0.4 is 5.32 Å². The van der Waals surface area contributed by atoms with Crippen LogP contribution in [-0.2, 0) is 16.9 Å². The number of benzene rings is 1. The van der Waals surface area contributed by atoms with E-state index < -0.39 is 11.6 Å². The Labute approximate surface area is 143 Å². The number of hydrogen-bond acceptors (Lipinski definition) is 3. The van der Waals surface area contributed by atoms with Crippen LogP contribution in [0.2, 0.25) is 10.0 Å². The van der Waals surface area contributed by atoms with Gasteiger partial charge in [-0.2, -0.15) is 0 Å². The van der Waals surface area contributed by atoms with E-state index in [1.54, 1.807) is 44.2 Å². The summed E-state index contributed by atoms with van der Waals surface area (Å²) >= 11 is 11.9. The van der Waals surface area contributed by atoms with Crippen molar-refractivity contribution in [3.05, 3.63) is 57.5 Å². The molecule has 1 saturated heterocycles. The predicted molar refractivity (Wildman–Crippen MR) is 86.3 cm³/mol. The SMILES string of the molecule is Cc1ccc(C2(C)NC(=O)N(Cc3ccc(Cl)c(Cl)c3)C2=O)o1. The molecule has 1 aromatic carbocycles. The zero-order valence-electron chi connectivity index (χ0n) is 12.5. The summed E-state index contributed by atoms with van der Waals surface area (Å²) in [6.45, 7) is 3.51. The third-order valence-corrected chi connectivity index (χ3v) is 4.57. The summed E-state index contributed by atoms with van der Waals surface area (Å²) in [6.07, 6.45) is 0. The Morgan fingerprint density at radius 2 is 1.91 bits per heavy atom. The van der Waals surface area contributed by atoms with E-state index in [0.717, 1.165) is 4.90 Å². The van der Waals surface area contributed by atoms with Gasteiger partial charge in [0.1, 0.15) is 11.5 Å². The molecule has 5 nitrogen and oxygen atoms in total. The van der Waals surface area contributed by atoms with E-state index in [4.69, 9.17) is 27.6 Å². The van der Waals surface area contributed by atoms with Gasteiger partial charge in [-0.3, -0.25) is 9.69 Å². The monoisotopic (exact) mass is 352 g/mol. The van der Waals surface area contributed by atoms with Gasteiger partial charge in [-0.1, -0.05) is 29.3 Å². The third kappa shape index (κ3) is 2.71. The standard InChI is InChI=1S/C16H14Cl2N2O3/c1-9-3-6-13(23-9)16(2)14(21)20(15(22)19-16)8-10-4-5-11(17)12(18)7-10/h3-7H,8H2,1-2H3,(H,19,22). The van der Waals surface area contributed by atoms with Crippen molar-refractivity contribution in [2.24, 2.45) is 0 Å². The number of nitrogens with zero attached hydrogens (tertiary/aromatic N) is 1. The maximum absolute atomic E-state index is 12.7. The van der Waals surface area contributed by atoms with E-state index in [9.17, 15) is 9.59 Å². The second-order valence-corrected chi connectivity index (χ2v) is 6.42. The Morgan fingerprint density at radius 3 is 2.52 bits per heavy atom. The number of imide groups is 1. The zero-order chi connectivity index (χ0) is 16.8. The molecule has 120 valence electrons. The number of urea groups is 1. The zero-order valence-corrected chi connectivity index (χ0v) is 14.0. The highest BCUT2D eigenvalue weighted by Gasteiger charge is 2.51. The maximum atomic E-state index is 12.7. The van der Waals surface area contributed by atoms with Crippen molar-refractivity contribution >= 4 is 35.1 Å². The van der Waals surface area contributed by atoms with Gasteiger partial charge in [-0.25, -0.2) is 4.79 Å². The Kier molecular flexibility index (Phi) is 3.86. The highest BCUT2D eigenvalue weighted by atomic mass is 35.5. The highest BCUT2D eigenvalue weighted by molar-refractivity contribution is 6.42. The molecule has 1 atom stereocenters. The number of nitrogens with one attached hydrogen (secondary N) is 1. The van der Waals surface area contributed by atoms with Gasteiger partial charge < -0.3 is 9.73 Å². The van der Waals surface area contributed by atoms with Gasteiger partial charge in [0.2, 0.25) is 0 Å².